The molecule has 0 bridgehead atoms. The van der Waals surface area contributed by atoms with Crippen molar-refractivity contribution in [3.05, 3.63) is 0 Å². The van der Waals surface area contributed by atoms with Gasteiger partial charge >= 0.3 is 0 Å². The summed E-state index contributed by atoms with van der Waals surface area (Å²) in [6, 6.07) is 0. The lowest BCUT2D eigenvalue weighted by molar-refractivity contribution is -0.146. The maximum Gasteiger partial charge on any atom is 0.236 e. The molecule has 5 nitrogen and oxygen atoms in total. The third kappa shape index (κ3) is 3.47. The number of hydrogen-bond donors (Lipinski definition) is 1. The van der Waals surface area contributed by atoms with Crippen LogP contribution < -0.4 is 5.32 Å². The summed E-state index contributed by atoms with van der Waals surface area (Å²) < 4.78 is 5.75. The number of carbonyl (C=O) groups excluding carboxylic acids is 1. The summed E-state index contributed by atoms with van der Waals surface area (Å²) in [4.78, 5) is 17.3. The van der Waals surface area contributed by atoms with Gasteiger partial charge in [-0.2, -0.15) is 0 Å². The van der Waals surface area contributed by atoms with E-state index in [9.17, 15) is 4.79 Å². The molecule has 2 atom stereocenters. The molecule has 0 aromatic carbocycles. The van der Waals surface area contributed by atoms with E-state index in [0.717, 1.165) is 32.7 Å². The molecule has 3 rings (SSSR count). The Kier molecular flexibility index (Phi) is 5.05. The van der Waals surface area contributed by atoms with Crippen LogP contribution in [0.1, 0.15) is 46.0 Å². The molecule has 2 unspecified atom stereocenters. The molecule has 1 saturated carbocycles. The normalized spacial score (nSPS) is 33.1. The molecule has 2 saturated heterocycles. The zero-order valence-corrected chi connectivity index (χ0v) is 14.1. The van der Waals surface area contributed by atoms with Crippen molar-refractivity contribution in [2.45, 2.75) is 63.7 Å². The highest BCUT2D eigenvalue weighted by atomic mass is 16.5. The van der Waals surface area contributed by atoms with Crippen molar-refractivity contribution in [2.24, 2.45) is 0 Å². The first kappa shape index (κ1) is 16.2. The van der Waals surface area contributed by atoms with E-state index in [4.69, 9.17) is 4.74 Å². The zero-order chi connectivity index (χ0) is 15.6. The molecule has 1 N–H and O–H groups in total. The number of rotatable bonds is 2. The van der Waals surface area contributed by atoms with Crippen molar-refractivity contribution in [1.82, 2.24) is 15.1 Å². The summed E-state index contributed by atoms with van der Waals surface area (Å²) in [5.41, 5.74) is 0.232. The average Bonchev–Trinajstić information content (AvgIpc) is 2.49. The highest BCUT2D eigenvalue weighted by Gasteiger charge is 2.41. The maximum absolute atomic E-state index is 12.8. The Balaban J connectivity index is 1.63. The summed E-state index contributed by atoms with van der Waals surface area (Å²) in [5, 5.41) is 3.56. The van der Waals surface area contributed by atoms with Gasteiger partial charge < -0.3 is 15.0 Å². The van der Waals surface area contributed by atoms with Crippen molar-refractivity contribution in [1.29, 1.82) is 0 Å². The van der Waals surface area contributed by atoms with E-state index in [1.165, 1.54) is 32.1 Å². The van der Waals surface area contributed by atoms with Crippen LogP contribution in [0.25, 0.3) is 0 Å². The van der Waals surface area contributed by atoms with E-state index in [1.807, 2.05) is 4.90 Å². The molecule has 0 aromatic rings. The third-order valence-corrected chi connectivity index (χ3v) is 5.57. The predicted molar refractivity (Wildman–Crippen MR) is 86.8 cm³/mol. The predicted octanol–water partition coefficient (Wildman–Crippen LogP) is 1.23. The van der Waals surface area contributed by atoms with Crippen molar-refractivity contribution >= 4 is 5.91 Å². The highest BCUT2D eigenvalue weighted by molar-refractivity contribution is 5.78. The fraction of sp³-hybridized carbons (Fsp3) is 0.941. The van der Waals surface area contributed by atoms with Crippen LogP contribution in [0.15, 0.2) is 0 Å². The Bertz CT molecular complexity index is 377. The largest absolute Gasteiger partial charge is 0.372 e. The van der Waals surface area contributed by atoms with Gasteiger partial charge in [-0.05, 0) is 26.7 Å². The quantitative estimate of drug-likeness (QED) is 0.833. The molecule has 1 spiro atoms. The lowest BCUT2D eigenvalue weighted by atomic mass is 9.79. The van der Waals surface area contributed by atoms with Crippen LogP contribution in [0, 0.1) is 0 Å². The van der Waals surface area contributed by atoms with Crippen molar-refractivity contribution in [3.63, 3.8) is 0 Å². The topological polar surface area (TPSA) is 44.8 Å². The van der Waals surface area contributed by atoms with E-state index in [2.05, 4.69) is 24.1 Å². The number of morpholine rings is 1. The second-order valence-corrected chi connectivity index (χ2v) is 7.44. The molecule has 0 radical (unpaired) electrons. The van der Waals surface area contributed by atoms with Crippen LogP contribution in [0.2, 0.25) is 0 Å². The minimum atomic E-state index is 0.152. The summed E-state index contributed by atoms with van der Waals surface area (Å²) in [5.74, 6) is 0.286. The average molecular weight is 309 g/mol. The van der Waals surface area contributed by atoms with Gasteiger partial charge in [0.1, 0.15) is 0 Å². The molecular formula is C17H31N3O2. The van der Waals surface area contributed by atoms with Gasteiger partial charge in [-0.3, -0.25) is 9.69 Å². The first-order valence-corrected chi connectivity index (χ1v) is 8.98. The Morgan fingerprint density at radius 2 is 1.86 bits per heavy atom. The van der Waals surface area contributed by atoms with E-state index in [0.29, 0.717) is 6.54 Å². The lowest BCUT2D eigenvalue weighted by Gasteiger charge is -2.50. The number of nitrogens with zero attached hydrogens (tertiary/aromatic N) is 2. The van der Waals surface area contributed by atoms with Crippen LogP contribution in [0.5, 0.6) is 0 Å². The monoisotopic (exact) mass is 309 g/mol. The molecule has 1 aliphatic carbocycles. The molecule has 2 aliphatic heterocycles. The van der Waals surface area contributed by atoms with Gasteiger partial charge in [-0.25, -0.2) is 0 Å². The lowest BCUT2D eigenvalue weighted by Crippen LogP contribution is -2.64. The van der Waals surface area contributed by atoms with Gasteiger partial charge in [0.25, 0.3) is 0 Å². The van der Waals surface area contributed by atoms with Gasteiger partial charge in [0.2, 0.25) is 5.91 Å². The molecule has 0 aromatic heterocycles. The Hall–Kier alpha value is -0.650. The van der Waals surface area contributed by atoms with E-state index in [1.54, 1.807) is 0 Å². The fourth-order valence-electron chi connectivity index (χ4n) is 4.48. The third-order valence-electron chi connectivity index (χ3n) is 5.57. The first-order chi connectivity index (χ1) is 10.6. The molecule has 3 aliphatic rings. The highest BCUT2D eigenvalue weighted by Crippen LogP contribution is 2.34. The molecule has 126 valence electrons. The second kappa shape index (κ2) is 6.85. The molecule has 2 heterocycles. The van der Waals surface area contributed by atoms with Crippen LogP contribution in [0.3, 0.4) is 0 Å². The molecular weight excluding hydrogens is 278 g/mol. The molecule has 3 fully saturated rings. The van der Waals surface area contributed by atoms with Gasteiger partial charge in [0, 0.05) is 38.3 Å². The smallest absolute Gasteiger partial charge is 0.236 e. The van der Waals surface area contributed by atoms with Crippen LogP contribution in [-0.4, -0.2) is 72.7 Å². The summed E-state index contributed by atoms with van der Waals surface area (Å²) >= 11 is 0. The Labute approximate surface area is 134 Å². The number of nitrogens with one attached hydrogen (secondary N) is 1. The zero-order valence-electron chi connectivity index (χ0n) is 14.1. The van der Waals surface area contributed by atoms with Crippen molar-refractivity contribution in [3.8, 4) is 0 Å². The number of carbonyl (C=O) groups is 1. The molecule has 1 amide bonds. The molecule has 5 heteroatoms. The van der Waals surface area contributed by atoms with E-state index >= 15 is 0 Å². The summed E-state index contributed by atoms with van der Waals surface area (Å²) in [6.45, 7) is 9.24. The van der Waals surface area contributed by atoms with E-state index in [-0.39, 0.29) is 23.7 Å². The van der Waals surface area contributed by atoms with Crippen molar-refractivity contribution in [2.75, 3.05) is 39.3 Å². The Morgan fingerprint density at radius 3 is 2.55 bits per heavy atom. The van der Waals surface area contributed by atoms with E-state index < -0.39 is 0 Å². The van der Waals surface area contributed by atoms with Crippen molar-refractivity contribution < 1.29 is 9.53 Å². The van der Waals surface area contributed by atoms with Gasteiger partial charge in [-0.1, -0.05) is 19.3 Å². The summed E-state index contributed by atoms with van der Waals surface area (Å²) in [6.07, 6.45) is 6.74. The van der Waals surface area contributed by atoms with Gasteiger partial charge in [-0.15, -0.1) is 0 Å². The number of hydrogen-bond acceptors (Lipinski definition) is 4. The summed E-state index contributed by atoms with van der Waals surface area (Å²) in [7, 11) is 0. The number of amides is 1. The molecule has 22 heavy (non-hydrogen) atoms. The van der Waals surface area contributed by atoms with Crippen LogP contribution >= 0.6 is 0 Å². The van der Waals surface area contributed by atoms with Crippen LogP contribution in [-0.2, 0) is 9.53 Å². The minimum absolute atomic E-state index is 0.152. The second-order valence-electron chi connectivity index (χ2n) is 7.44. The number of ether oxygens (including phenoxy) is 1. The SMILES string of the molecule is CC1CN(C(=O)CN2CCNCC23CCCCC3)CC(C)O1. The van der Waals surface area contributed by atoms with Crippen LogP contribution in [0.4, 0.5) is 0 Å². The first-order valence-electron chi connectivity index (χ1n) is 8.98. The fourth-order valence-corrected chi connectivity index (χ4v) is 4.48. The van der Waals surface area contributed by atoms with Gasteiger partial charge in [0.15, 0.2) is 0 Å². The standard InChI is InChI=1S/C17H31N3O2/c1-14-10-19(11-15(2)22-14)16(21)12-20-9-8-18-13-17(20)6-4-3-5-7-17/h14-15,18H,3-13H2,1-2H3. The van der Waals surface area contributed by atoms with Gasteiger partial charge in [0.05, 0.1) is 18.8 Å². The minimum Gasteiger partial charge on any atom is -0.372 e. The maximum atomic E-state index is 12.8. The Morgan fingerprint density at radius 1 is 1.18 bits per heavy atom. The number of piperazine rings is 1.